The average molecular weight is 301 g/mol. The molecule has 0 aliphatic rings. The van der Waals surface area contributed by atoms with Crippen LogP contribution in [0.2, 0.25) is 0 Å². The molecule has 2 rings (SSSR count). The molecule has 0 unspecified atom stereocenters. The topological polar surface area (TPSA) is 101 Å². The van der Waals surface area contributed by atoms with E-state index in [1.165, 1.54) is 10.1 Å². The molecule has 2 heterocycles. The lowest BCUT2D eigenvalue weighted by Crippen LogP contribution is -2.12. The van der Waals surface area contributed by atoms with Gasteiger partial charge in [0.2, 0.25) is 0 Å². The Morgan fingerprint density at radius 1 is 1.47 bits per heavy atom. The first-order valence-electron chi connectivity index (χ1n) is 5.15. The second-order valence-corrected chi connectivity index (χ2v) is 6.45. The van der Waals surface area contributed by atoms with Crippen molar-refractivity contribution in [1.29, 1.82) is 0 Å². The van der Waals surface area contributed by atoms with Crippen molar-refractivity contribution in [2.75, 3.05) is 4.72 Å². The van der Waals surface area contributed by atoms with Crippen molar-refractivity contribution in [2.24, 2.45) is 7.05 Å². The number of carbonyl (C=O) groups is 1. The molecule has 0 spiro atoms. The number of anilines is 1. The highest BCUT2D eigenvalue weighted by Gasteiger charge is 2.19. The molecule has 2 aromatic rings. The summed E-state index contributed by atoms with van der Waals surface area (Å²) in [6.07, 6.45) is 0. The Kier molecular flexibility index (Phi) is 3.33. The van der Waals surface area contributed by atoms with Crippen molar-refractivity contribution in [2.45, 2.75) is 11.8 Å². The lowest BCUT2D eigenvalue weighted by molar-refractivity contribution is 0.0702. The molecule has 0 fully saturated rings. The summed E-state index contributed by atoms with van der Waals surface area (Å²) in [6.45, 7) is 1.79. The predicted molar refractivity (Wildman–Crippen MR) is 70.0 cm³/mol. The Morgan fingerprint density at radius 3 is 2.63 bits per heavy atom. The number of aromatic nitrogens is 2. The number of hydrogen-bond acceptors (Lipinski definition) is 5. The number of carboxylic acids is 1. The van der Waals surface area contributed by atoms with Crippen LogP contribution in [0.15, 0.2) is 22.4 Å². The number of sulfonamides is 1. The van der Waals surface area contributed by atoms with Gasteiger partial charge in [-0.2, -0.15) is 5.10 Å². The summed E-state index contributed by atoms with van der Waals surface area (Å²) in [6, 6.07) is 2.70. The summed E-state index contributed by atoms with van der Waals surface area (Å²) < 4.78 is 27.9. The van der Waals surface area contributed by atoms with Crippen LogP contribution < -0.4 is 4.72 Å². The van der Waals surface area contributed by atoms with Crippen LogP contribution in [0, 0.1) is 6.92 Å². The fourth-order valence-corrected chi connectivity index (χ4v) is 3.48. The van der Waals surface area contributed by atoms with Crippen molar-refractivity contribution in [1.82, 2.24) is 9.78 Å². The van der Waals surface area contributed by atoms with Crippen LogP contribution in [0.25, 0.3) is 0 Å². The smallest absolute Gasteiger partial charge is 0.345 e. The number of thiophene rings is 1. The molecular formula is C10H11N3O4S2. The molecule has 102 valence electrons. The van der Waals surface area contributed by atoms with Crippen molar-refractivity contribution >= 4 is 33.1 Å². The van der Waals surface area contributed by atoms with Gasteiger partial charge in [0.05, 0.1) is 4.90 Å². The number of nitrogens with zero attached hydrogens (tertiary/aromatic N) is 2. The maximum absolute atomic E-state index is 12.0. The van der Waals surface area contributed by atoms with Crippen molar-refractivity contribution in [3.8, 4) is 0 Å². The Labute approximate surface area is 113 Å². The van der Waals surface area contributed by atoms with Gasteiger partial charge in [-0.1, -0.05) is 0 Å². The Bertz CT molecular complexity index is 710. The largest absolute Gasteiger partial charge is 0.477 e. The van der Waals surface area contributed by atoms with Gasteiger partial charge in [-0.05, 0) is 13.0 Å². The number of aromatic carboxylic acids is 1. The second-order valence-electron chi connectivity index (χ2n) is 3.85. The van der Waals surface area contributed by atoms with Gasteiger partial charge in [0, 0.05) is 24.2 Å². The van der Waals surface area contributed by atoms with Gasteiger partial charge in [-0.3, -0.25) is 9.40 Å². The molecule has 19 heavy (non-hydrogen) atoms. The van der Waals surface area contributed by atoms with E-state index in [1.54, 1.807) is 20.0 Å². The molecule has 0 aliphatic carbocycles. The highest BCUT2D eigenvalue weighted by atomic mass is 32.2. The zero-order valence-corrected chi connectivity index (χ0v) is 11.7. The van der Waals surface area contributed by atoms with Gasteiger partial charge in [0.1, 0.15) is 4.88 Å². The molecule has 7 nitrogen and oxygen atoms in total. The van der Waals surface area contributed by atoms with Crippen LogP contribution in [-0.4, -0.2) is 29.3 Å². The maximum atomic E-state index is 12.0. The molecule has 0 saturated heterocycles. The third-order valence-electron chi connectivity index (χ3n) is 2.45. The van der Waals surface area contributed by atoms with Crippen molar-refractivity contribution < 1.29 is 18.3 Å². The van der Waals surface area contributed by atoms with Crippen LogP contribution in [0.3, 0.4) is 0 Å². The van der Waals surface area contributed by atoms with Crippen LogP contribution >= 0.6 is 11.3 Å². The van der Waals surface area contributed by atoms with Crippen LogP contribution in [0.1, 0.15) is 15.4 Å². The average Bonchev–Trinajstić information content (AvgIpc) is 2.86. The van der Waals surface area contributed by atoms with E-state index in [4.69, 9.17) is 5.11 Å². The molecule has 0 atom stereocenters. The molecule has 2 N–H and O–H groups in total. The van der Waals surface area contributed by atoms with Gasteiger partial charge < -0.3 is 5.11 Å². The van der Waals surface area contributed by atoms with Gasteiger partial charge in [0.25, 0.3) is 10.0 Å². The highest BCUT2D eigenvalue weighted by molar-refractivity contribution is 7.92. The Morgan fingerprint density at radius 2 is 2.16 bits per heavy atom. The van der Waals surface area contributed by atoms with Gasteiger partial charge in [-0.25, -0.2) is 13.2 Å². The third kappa shape index (κ3) is 2.76. The Hall–Kier alpha value is -1.87. The van der Waals surface area contributed by atoms with E-state index in [0.29, 0.717) is 0 Å². The lowest BCUT2D eigenvalue weighted by Gasteiger charge is -2.02. The molecule has 0 aromatic carbocycles. The van der Waals surface area contributed by atoms with Gasteiger partial charge in [0.15, 0.2) is 5.82 Å². The summed E-state index contributed by atoms with van der Waals surface area (Å²) in [7, 11) is -2.11. The first-order chi connectivity index (χ1) is 8.79. The number of nitrogens with one attached hydrogen (secondary N) is 1. The van der Waals surface area contributed by atoms with E-state index in [9.17, 15) is 13.2 Å². The second kappa shape index (κ2) is 4.67. The summed E-state index contributed by atoms with van der Waals surface area (Å²) in [4.78, 5) is 10.6. The maximum Gasteiger partial charge on any atom is 0.345 e. The molecule has 0 amide bonds. The zero-order chi connectivity index (χ0) is 14.2. The normalized spacial score (nSPS) is 11.5. The van der Waals surface area contributed by atoms with E-state index < -0.39 is 16.0 Å². The number of aryl methyl sites for hydroxylation is 2. The lowest BCUT2D eigenvalue weighted by atomic mass is 10.5. The number of carboxylic acid groups (broad SMARTS) is 1. The summed E-state index contributed by atoms with van der Waals surface area (Å²) in [5.41, 5.74) is 0.800. The monoisotopic (exact) mass is 301 g/mol. The van der Waals surface area contributed by atoms with Crippen LogP contribution in [0.5, 0.6) is 0 Å². The molecule has 0 aliphatic heterocycles. The third-order valence-corrected chi connectivity index (χ3v) is 4.85. The predicted octanol–water partition coefficient (Wildman–Crippen LogP) is 1.29. The molecule has 0 radical (unpaired) electrons. The fraction of sp³-hybridized carbons (Fsp3) is 0.200. The van der Waals surface area contributed by atoms with E-state index in [-0.39, 0.29) is 15.6 Å². The molecule has 0 bridgehead atoms. The minimum Gasteiger partial charge on any atom is -0.477 e. The number of hydrogen-bond donors (Lipinski definition) is 2. The number of rotatable bonds is 4. The van der Waals surface area contributed by atoms with Gasteiger partial charge >= 0.3 is 5.97 Å². The summed E-state index contributed by atoms with van der Waals surface area (Å²) in [5, 5.41) is 14.0. The van der Waals surface area contributed by atoms with Crippen LogP contribution in [-0.2, 0) is 17.1 Å². The van der Waals surface area contributed by atoms with Crippen molar-refractivity contribution in [3.05, 3.63) is 28.1 Å². The minimum absolute atomic E-state index is 0.0300. The quantitative estimate of drug-likeness (QED) is 0.886. The Balaban J connectivity index is 2.29. The van der Waals surface area contributed by atoms with E-state index in [2.05, 4.69) is 9.82 Å². The highest BCUT2D eigenvalue weighted by Crippen LogP contribution is 2.21. The van der Waals surface area contributed by atoms with E-state index in [0.717, 1.165) is 23.1 Å². The zero-order valence-electron chi connectivity index (χ0n) is 10.1. The fourth-order valence-electron chi connectivity index (χ4n) is 1.38. The van der Waals surface area contributed by atoms with E-state index >= 15 is 0 Å². The molecule has 2 aromatic heterocycles. The molecule has 9 heteroatoms. The summed E-state index contributed by atoms with van der Waals surface area (Å²) in [5.74, 6) is -0.955. The molecular weight excluding hydrogens is 290 g/mol. The standard InChI is InChI=1S/C10H11N3O4S2/c1-6-3-9(11-13(6)2)12-19(16,17)7-4-8(10(14)15)18-5-7/h3-5H,1-2H3,(H,11,12)(H,14,15). The molecule has 0 saturated carbocycles. The van der Waals surface area contributed by atoms with Gasteiger partial charge in [-0.15, -0.1) is 11.3 Å². The minimum atomic E-state index is -3.81. The van der Waals surface area contributed by atoms with E-state index in [1.807, 2.05) is 0 Å². The summed E-state index contributed by atoms with van der Waals surface area (Å²) >= 11 is 0.859. The first kappa shape index (κ1) is 13.6. The first-order valence-corrected chi connectivity index (χ1v) is 7.51. The van der Waals surface area contributed by atoms with Crippen LogP contribution in [0.4, 0.5) is 5.82 Å². The van der Waals surface area contributed by atoms with Crippen molar-refractivity contribution in [3.63, 3.8) is 0 Å². The SMILES string of the molecule is Cc1cc(NS(=O)(=O)c2csc(C(=O)O)c2)nn1C.